The average molecular weight is 239 g/mol. The van der Waals surface area contributed by atoms with Crippen LogP contribution in [-0.4, -0.2) is 35.1 Å². The zero-order valence-electron chi connectivity index (χ0n) is 10.1. The number of nitrogens with zero attached hydrogens (tertiary/aromatic N) is 2. The molecule has 1 aliphatic heterocycles. The zero-order chi connectivity index (χ0) is 11.4. The topological polar surface area (TPSA) is 28.2 Å². The highest BCUT2D eigenvalue weighted by atomic mass is 32.1. The predicted octanol–water partition coefficient (Wildman–Crippen LogP) is 2.11. The van der Waals surface area contributed by atoms with Crippen LogP contribution in [-0.2, 0) is 6.54 Å². The number of thiazole rings is 1. The minimum absolute atomic E-state index is 0.680. The SMILES string of the molecule is CC(C)N1CCC(NCc2nccs2)CC1. The summed E-state index contributed by atoms with van der Waals surface area (Å²) in [5.41, 5.74) is 0. The largest absolute Gasteiger partial charge is 0.308 e. The quantitative estimate of drug-likeness (QED) is 0.872. The van der Waals surface area contributed by atoms with Crippen molar-refractivity contribution >= 4 is 11.3 Å². The standard InChI is InChI=1S/C12H21N3S/c1-10(2)15-6-3-11(4-7-15)14-9-12-13-5-8-16-12/h5,8,10-11,14H,3-4,6-7,9H2,1-2H3. The lowest BCUT2D eigenvalue weighted by Crippen LogP contribution is -2.44. The second-order valence-corrected chi connectivity index (χ2v) is 5.69. The summed E-state index contributed by atoms with van der Waals surface area (Å²) in [4.78, 5) is 6.85. The normalized spacial score (nSPS) is 19.4. The fraction of sp³-hybridized carbons (Fsp3) is 0.750. The van der Waals surface area contributed by atoms with Gasteiger partial charge >= 0.3 is 0 Å². The van der Waals surface area contributed by atoms with Gasteiger partial charge in [-0.25, -0.2) is 4.98 Å². The summed E-state index contributed by atoms with van der Waals surface area (Å²) >= 11 is 1.73. The molecule has 0 spiro atoms. The average Bonchev–Trinajstić information content (AvgIpc) is 2.80. The third-order valence-electron chi connectivity index (χ3n) is 3.29. The molecular weight excluding hydrogens is 218 g/mol. The summed E-state index contributed by atoms with van der Waals surface area (Å²) in [6.07, 6.45) is 4.41. The van der Waals surface area contributed by atoms with Gasteiger partial charge in [-0.2, -0.15) is 0 Å². The van der Waals surface area contributed by atoms with Crippen LogP contribution in [0.1, 0.15) is 31.7 Å². The molecule has 0 bridgehead atoms. The molecule has 0 aromatic carbocycles. The molecule has 1 aromatic rings. The van der Waals surface area contributed by atoms with Gasteiger partial charge in [-0.1, -0.05) is 0 Å². The fourth-order valence-electron chi connectivity index (χ4n) is 2.19. The minimum Gasteiger partial charge on any atom is -0.308 e. The molecule has 2 rings (SSSR count). The van der Waals surface area contributed by atoms with E-state index in [4.69, 9.17) is 0 Å². The van der Waals surface area contributed by atoms with Crippen molar-refractivity contribution in [2.45, 2.75) is 45.3 Å². The highest BCUT2D eigenvalue weighted by Crippen LogP contribution is 2.13. The van der Waals surface area contributed by atoms with E-state index >= 15 is 0 Å². The predicted molar refractivity (Wildman–Crippen MR) is 68.7 cm³/mol. The number of piperidine rings is 1. The van der Waals surface area contributed by atoms with Gasteiger partial charge in [0.05, 0.1) is 0 Å². The Morgan fingerprint density at radius 3 is 2.81 bits per heavy atom. The summed E-state index contributed by atoms with van der Waals surface area (Å²) in [7, 11) is 0. The van der Waals surface area contributed by atoms with Crippen LogP contribution in [0.15, 0.2) is 11.6 Å². The van der Waals surface area contributed by atoms with Crippen molar-refractivity contribution in [1.29, 1.82) is 0 Å². The fourth-order valence-corrected chi connectivity index (χ4v) is 2.76. The Hall–Kier alpha value is -0.450. The molecule has 0 amide bonds. The van der Waals surface area contributed by atoms with Crippen LogP contribution in [0.2, 0.25) is 0 Å². The lowest BCUT2D eigenvalue weighted by molar-refractivity contribution is 0.161. The molecule has 0 saturated carbocycles. The van der Waals surface area contributed by atoms with Crippen LogP contribution >= 0.6 is 11.3 Å². The molecule has 3 nitrogen and oxygen atoms in total. The molecule has 1 fully saturated rings. The first kappa shape index (κ1) is 12.0. The molecule has 1 aliphatic rings. The lowest BCUT2D eigenvalue weighted by atomic mass is 10.0. The Labute approximate surface area is 102 Å². The molecule has 16 heavy (non-hydrogen) atoms. The number of aromatic nitrogens is 1. The third-order valence-corrected chi connectivity index (χ3v) is 4.06. The Kier molecular flexibility index (Phi) is 4.32. The van der Waals surface area contributed by atoms with Gasteiger partial charge in [0.2, 0.25) is 0 Å². The number of hydrogen-bond acceptors (Lipinski definition) is 4. The molecule has 0 aliphatic carbocycles. The second-order valence-electron chi connectivity index (χ2n) is 4.71. The Bertz CT molecular complexity index is 289. The summed E-state index contributed by atoms with van der Waals surface area (Å²) in [5, 5.41) is 6.85. The van der Waals surface area contributed by atoms with E-state index in [1.807, 2.05) is 11.6 Å². The maximum atomic E-state index is 4.29. The van der Waals surface area contributed by atoms with Crippen molar-refractivity contribution in [3.05, 3.63) is 16.6 Å². The number of hydrogen-bond donors (Lipinski definition) is 1. The molecule has 0 unspecified atom stereocenters. The van der Waals surface area contributed by atoms with Crippen molar-refractivity contribution in [3.8, 4) is 0 Å². The van der Waals surface area contributed by atoms with Crippen LogP contribution in [0.25, 0.3) is 0 Å². The van der Waals surface area contributed by atoms with Crippen LogP contribution in [0.3, 0.4) is 0 Å². The highest BCUT2D eigenvalue weighted by molar-refractivity contribution is 7.09. The van der Waals surface area contributed by atoms with E-state index in [0.717, 1.165) is 6.54 Å². The van der Waals surface area contributed by atoms with E-state index in [1.165, 1.54) is 30.9 Å². The summed E-state index contributed by atoms with van der Waals surface area (Å²) in [6, 6.07) is 1.37. The van der Waals surface area contributed by atoms with Gasteiger partial charge in [-0.3, -0.25) is 0 Å². The first-order valence-corrected chi connectivity index (χ1v) is 6.99. The van der Waals surface area contributed by atoms with Crippen molar-refractivity contribution in [3.63, 3.8) is 0 Å². The van der Waals surface area contributed by atoms with Crippen molar-refractivity contribution in [2.75, 3.05) is 13.1 Å². The van der Waals surface area contributed by atoms with Gasteiger partial charge in [0.1, 0.15) is 5.01 Å². The lowest BCUT2D eigenvalue weighted by Gasteiger charge is -2.34. The molecule has 0 radical (unpaired) electrons. The van der Waals surface area contributed by atoms with E-state index in [9.17, 15) is 0 Å². The first-order chi connectivity index (χ1) is 7.75. The van der Waals surface area contributed by atoms with E-state index in [2.05, 4.69) is 29.0 Å². The Morgan fingerprint density at radius 1 is 1.50 bits per heavy atom. The van der Waals surface area contributed by atoms with E-state index in [-0.39, 0.29) is 0 Å². The van der Waals surface area contributed by atoms with Crippen LogP contribution < -0.4 is 5.32 Å². The maximum Gasteiger partial charge on any atom is 0.106 e. The number of nitrogens with one attached hydrogen (secondary N) is 1. The van der Waals surface area contributed by atoms with Gasteiger partial charge in [0, 0.05) is 30.2 Å². The van der Waals surface area contributed by atoms with E-state index in [0.29, 0.717) is 12.1 Å². The molecule has 1 saturated heterocycles. The minimum atomic E-state index is 0.680. The Morgan fingerprint density at radius 2 is 2.25 bits per heavy atom. The van der Waals surface area contributed by atoms with Crippen molar-refractivity contribution in [1.82, 2.24) is 15.2 Å². The number of rotatable bonds is 4. The maximum absolute atomic E-state index is 4.29. The molecular formula is C12H21N3S. The molecule has 0 atom stereocenters. The zero-order valence-corrected chi connectivity index (χ0v) is 11.0. The first-order valence-electron chi connectivity index (χ1n) is 6.11. The molecule has 1 aromatic heterocycles. The van der Waals surface area contributed by atoms with E-state index in [1.54, 1.807) is 11.3 Å². The number of likely N-dealkylation sites (tertiary alicyclic amines) is 1. The molecule has 2 heterocycles. The van der Waals surface area contributed by atoms with Gasteiger partial charge in [-0.15, -0.1) is 11.3 Å². The third kappa shape index (κ3) is 3.27. The summed E-state index contributed by atoms with van der Waals surface area (Å²) in [5.74, 6) is 0. The molecule has 1 N–H and O–H groups in total. The van der Waals surface area contributed by atoms with Crippen LogP contribution in [0.4, 0.5) is 0 Å². The van der Waals surface area contributed by atoms with Gasteiger partial charge < -0.3 is 10.2 Å². The monoisotopic (exact) mass is 239 g/mol. The smallest absolute Gasteiger partial charge is 0.106 e. The van der Waals surface area contributed by atoms with Gasteiger partial charge in [-0.05, 0) is 39.8 Å². The van der Waals surface area contributed by atoms with Gasteiger partial charge in [0.15, 0.2) is 0 Å². The van der Waals surface area contributed by atoms with Crippen molar-refractivity contribution in [2.24, 2.45) is 0 Å². The summed E-state index contributed by atoms with van der Waals surface area (Å²) < 4.78 is 0. The highest BCUT2D eigenvalue weighted by Gasteiger charge is 2.20. The second kappa shape index (κ2) is 5.75. The van der Waals surface area contributed by atoms with Crippen molar-refractivity contribution < 1.29 is 0 Å². The summed E-state index contributed by atoms with van der Waals surface area (Å²) in [6.45, 7) is 7.96. The Balaban J connectivity index is 1.69. The van der Waals surface area contributed by atoms with Gasteiger partial charge in [0.25, 0.3) is 0 Å². The van der Waals surface area contributed by atoms with Crippen LogP contribution in [0, 0.1) is 0 Å². The van der Waals surface area contributed by atoms with Crippen LogP contribution in [0.5, 0.6) is 0 Å². The molecule has 4 heteroatoms. The molecule has 90 valence electrons. The van der Waals surface area contributed by atoms with E-state index < -0.39 is 0 Å².